The molecule has 2 aromatic rings. The van der Waals surface area contributed by atoms with Crippen molar-refractivity contribution < 1.29 is 9.21 Å². The van der Waals surface area contributed by atoms with Crippen LogP contribution < -0.4 is 4.90 Å². The number of hydrogen-bond donors (Lipinski definition) is 0. The van der Waals surface area contributed by atoms with E-state index >= 15 is 0 Å². The first-order valence-electron chi connectivity index (χ1n) is 9.10. The van der Waals surface area contributed by atoms with Crippen molar-refractivity contribution in [1.29, 1.82) is 0 Å². The Balaban J connectivity index is 1.40. The third-order valence-electron chi connectivity index (χ3n) is 5.57. The first-order chi connectivity index (χ1) is 12.3. The zero-order valence-electron chi connectivity index (χ0n) is 14.0. The molecule has 0 spiro atoms. The van der Waals surface area contributed by atoms with Gasteiger partial charge in [0.05, 0.1) is 17.8 Å². The predicted octanol–water partition coefficient (Wildman–Crippen LogP) is 2.68. The fourth-order valence-electron chi connectivity index (χ4n) is 4.09. The second-order valence-corrected chi connectivity index (χ2v) is 7.95. The number of amides is 1. The molecule has 132 valence electrons. The van der Waals surface area contributed by atoms with Crippen LogP contribution in [0.3, 0.4) is 0 Å². The van der Waals surface area contributed by atoms with Crippen LogP contribution in [0.2, 0.25) is 0 Å². The summed E-state index contributed by atoms with van der Waals surface area (Å²) in [6.07, 6.45) is 8.31. The number of hydrogen-bond acceptors (Lipinski definition) is 7. The molecule has 1 saturated carbocycles. The van der Waals surface area contributed by atoms with E-state index in [2.05, 4.69) is 19.5 Å². The summed E-state index contributed by atoms with van der Waals surface area (Å²) in [6.45, 7) is 1.49. The Morgan fingerprint density at radius 3 is 2.84 bits per heavy atom. The zero-order chi connectivity index (χ0) is 16.8. The molecule has 2 aliphatic heterocycles. The van der Waals surface area contributed by atoms with Crippen LogP contribution in [0.5, 0.6) is 0 Å². The van der Waals surface area contributed by atoms with Gasteiger partial charge in [-0.2, -0.15) is 0 Å². The Morgan fingerprint density at radius 2 is 2.04 bits per heavy atom. The van der Waals surface area contributed by atoms with Crippen molar-refractivity contribution in [1.82, 2.24) is 19.5 Å². The van der Waals surface area contributed by atoms with Crippen LogP contribution in [0.15, 0.2) is 16.0 Å². The van der Waals surface area contributed by atoms with Crippen LogP contribution in [-0.4, -0.2) is 50.6 Å². The highest BCUT2D eigenvalue weighted by Crippen LogP contribution is 2.41. The first kappa shape index (κ1) is 15.3. The molecule has 0 radical (unpaired) electrons. The second kappa shape index (κ2) is 6.09. The standard InChI is InChI=1S/C17H21N5O2S/c23-16(12-8-18-25-10-12)21-7-6-13-2-1-3-14(9-21)22(13)17-20-19-15(24-17)11-4-5-11/h8,10-11,13-14H,1-7,9H2. The molecule has 2 unspecified atom stereocenters. The summed E-state index contributed by atoms with van der Waals surface area (Å²) in [6, 6.07) is 1.29. The lowest BCUT2D eigenvalue weighted by molar-refractivity contribution is 0.0754. The number of carbonyl (C=O) groups excluding carboxylic acids is 1. The molecule has 7 nitrogen and oxygen atoms in total. The molecular weight excluding hydrogens is 338 g/mol. The van der Waals surface area contributed by atoms with E-state index in [0.29, 0.717) is 30.1 Å². The van der Waals surface area contributed by atoms with Crippen LogP contribution in [0.25, 0.3) is 0 Å². The maximum atomic E-state index is 12.8. The van der Waals surface area contributed by atoms with Gasteiger partial charge in [0.2, 0.25) is 5.89 Å². The summed E-state index contributed by atoms with van der Waals surface area (Å²) in [5.41, 5.74) is 0.696. The second-order valence-electron chi connectivity index (χ2n) is 7.30. The van der Waals surface area contributed by atoms with E-state index in [0.717, 1.165) is 44.5 Å². The minimum atomic E-state index is 0.0884. The molecule has 2 saturated heterocycles. The van der Waals surface area contributed by atoms with Crippen molar-refractivity contribution >= 4 is 23.5 Å². The molecule has 4 heterocycles. The Morgan fingerprint density at radius 1 is 1.16 bits per heavy atom. The van der Waals surface area contributed by atoms with Crippen LogP contribution >= 0.6 is 11.5 Å². The highest BCUT2D eigenvalue weighted by molar-refractivity contribution is 7.03. The molecule has 2 aromatic heterocycles. The number of anilines is 1. The maximum Gasteiger partial charge on any atom is 0.318 e. The highest BCUT2D eigenvalue weighted by atomic mass is 32.1. The summed E-state index contributed by atoms with van der Waals surface area (Å²) < 4.78 is 10.1. The smallest absolute Gasteiger partial charge is 0.318 e. The van der Waals surface area contributed by atoms with Gasteiger partial charge in [-0.25, -0.2) is 4.37 Å². The lowest BCUT2D eigenvalue weighted by Crippen LogP contribution is -2.49. The molecule has 5 rings (SSSR count). The van der Waals surface area contributed by atoms with Gasteiger partial charge in [-0.1, -0.05) is 5.10 Å². The SMILES string of the molecule is O=C(c1cnsc1)N1CCC2CCCC(C1)N2c1nnc(C2CC2)o1. The number of rotatable bonds is 3. The fraction of sp³-hybridized carbons (Fsp3) is 0.647. The van der Waals surface area contributed by atoms with Gasteiger partial charge in [0.25, 0.3) is 5.91 Å². The fourth-order valence-corrected chi connectivity index (χ4v) is 4.61. The van der Waals surface area contributed by atoms with Gasteiger partial charge in [0.1, 0.15) is 0 Å². The van der Waals surface area contributed by atoms with E-state index < -0.39 is 0 Å². The van der Waals surface area contributed by atoms with E-state index in [9.17, 15) is 4.79 Å². The molecule has 3 aliphatic rings. The summed E-state index contributed by atoms with van der Waals surface area (Å²) in [7, 11) is 0. The average molecular weight is 359 g/mol. The maximum absolute atomic E-state index is 12.8. The number of nitrogens with zero attached hydrogens (tertiary/aromatic N) is 5. The highest BCUT2D eigenvalue weighted by Gasteiger charge is 2.40. The Bertz CT molecular complexity index is 757. The van der Waals surface area contributed by atoms with E-state index in [1.165, 1.54) is 18.0 Å². The monoisotopic (exact) mass is 359 g/mol. The minimum absolute atomic E-state index is 0.0884. The van der Waals surface area contributed by atoms with Gasteiger partial charge in [-0.3, -0.25) is 4.79 Å². The van der Waals surface area contributed by atoms with Crippen molar-refractivity contribution in [2.45, 2.75) is 56.5 Å². The molecule has 3 fully saturated rings. The quantitative estimate of drug-likeness (QED) is 0.839. The van der Waals surface area contributed by atoms with Crippen LogP contribution in [-0.2, 0) is 0 Å². The van der Waals surface area contributed by atoms with E-state index in [-0.39, 0.29) is 11.9 Å². The lowest BCUT2D eigenvalue weighted by atomic mass is 9.95. The van der Waals surface area contributed by atoms with Gasteiger partial charge < -0.3 is 14.2 Å². The van der Waals surface area contributed by atoms with Gasteiger partial charge in [-0.15, -0.1) is 5.10 Å². The molecule has 2 bridgehead atoms. The topological polar surface area (TPSA) is 75.4 Å². The normalized spacial score (nSPS) is 26.6. The van der Waals surface area contributed by atoms with E-state index in [1.807, 2.05) is 10.3 Å². The van der Waals surface area contributed by atoms with Gasteiger partial charge in [0, 0.05) is 30.4 Å². The van der Waals surface area contributed by atoms with Gasteiger partial charge >= 0.3 is 6.01 Å². The average Bonchev–Trinajstić information content (AvgIpc) is 3.16. The lowest BCUT2D eigenvalue weighted by Gasteiger charge is -2.39. The van der Waals surface area contributed by atoms with Gasteiger partial charge in [-0.05, 0) is 50.1 Å². The molecular formula is C17H21N5O2S. The molecule has 0 aromatic carbocycles. The molecule has 2 atom stereocenters. The third-order valence-corrected chi connectivity index (χ3v) is 6.16. The van der Waals surface area contributed by atoms with Crippen LogP contribution in [0.1, 0.15) is 60.7 Å². The van der Waals surface area contributed by atoms with E-state index in [1.54, 1.807) is 6.20 Å². The predicted molar refractivity (Wildman–Crippen MR) is 92.8 cm³/mol. The molecule has 8 heteroatoms. The number of piperidine rings is 1. The summed E-state index contributed by atoms with van der Waals surface area (Å²) >= 11 is 1.32. The van der Waals surface area contributed by atoms with Crippen LogP contribution in [0.4, 0.5) is 6.01 Å². The van der Waals surface area contributed by atoms with Gasteiger partial charge in [0.15, 0.2) is 0 Å². The van der Waals surface area contributed by atoms with Crippen molar-refractivity contribution in [2.24, 2.45) is 0 Å². The third kappa shape index (κ3) is 2.82. The molecule has 25 heavy (non-hydrogen) atoms. The molecule has 0 N–H and O–H groups in total. The van der Waals surface area contributed by atoms with E-state index in [4.69, 9.17) is 4.42 Å². The summed E-state index contributed by atoms with van der Waals surface area (Å²) in [4.78, 5) is 17.1. The number of aromatic nitrogens is 3. The molecule has 1 amide bonds. The number of carbonyl (C=O) groups is 1. The van der Waals surface area contributed by atoms with Crippen molar-refractivity contribution in [3.63, 3.8) is 0 Å². The minimum Gasteiger partial charge on any atom is -0.408 e. The Kier molecular flexibility index (Phi) is 3.73. The largest absolute Gasteiger partial charge is 0.408 e. The zero-order valence-corrected chi connectivity index (χ0v) is 14.8. The van der Waals surface area contributed by atoms with Crippen LogP contribution in [0, 0.1) is 0 Å². The summed E-state index contributed by atoms with van der Waals surface area (Å²) in [5, 5.41) is 10.4. The Hall–Kier alpha value is -1.96. The van der Waals surface area contributed by atoms with Crippen molar-refractivity contribution in [3.05, 3.63) is 23.0 Å². The van der Waals surface area contributed by atoms with Crippen molar-refractivity contribution in [3.8, 4) is 0 Å². The molecule has 1 aliphatic carbocycles. The summed E-state index contributed by atoms with van der Waals surface area (Å²) in [5.74, 6) is 1.34. The first-order valence-corrected chi connectivity index (χ1v) is 9.93. The van der Waals surface area contributed by atoms with Crippen molar-refractivity contribution in [2.75, 3.05) is 18.0 Å². The Labute approximate surface area is 150 Å². The number of fused-ring (bicyclic) bond motifs is 2.